The van der Waals surface area contributed by atoms with E-state index in [-0.39, 0.29) is 12.3 Å². The van der Waals surface area contributed by atoms with Gasteiger partial charge in [-0.05, 0) is 28.0 Å². The summed E-state index contributed by atoms with van der Waals surface area (Å²) in [5, 5.41) is 1.82. The van der Waals surface area contributed by atoms with Gasteiger partial charge in [-0.3, -0.25) is 9.36 Å². The molecular weight excluding hydrogens is 370 g/mol. The van der Waals surface area contributed by atoms with Crippen molar-refractivity contribution in [2.75, 3.05) is 6.61 Å². The van der Waals surface area contributed by atoms with Crippen molar-refractivity contribution in [3.8, 4) is 0 Å². The predicted molar refractivity (Wildman–Crippen MR) is 95.0 cm³/mol. The van der Waals surface area contributed by atoms with Crippen molar-refractivity contribution in [1.82, 2.24) is 4.57 Å². The number of halogens is 2. The van der Waals surface area contributed by atoms with Crippen LogP contribution < -0.4 is 5.56 Å². The zero-order valence-corrected chi connectivity index (χ0v) is 15.8. The molecule has 2 rings (SSSR count). The zero-order valence-electron chi connectivity index (χ0n) is 12.5. The number of pyridine rings is 1. The summed E-state index contributed by atoms with van der Waals surface area (Å²) in [5.41, 5.74) is -0.119. The summed E-state index contributed by atoms with van der Waals surface area (Å²) in [5.74, 6) is 0. The molecule has 0 unspecified atom stereocenters. The molecule has 114 valence electrons. The van der Waals surface area contributed by atoms with Crippen molar-refractivity contribution in [3.63, 3.8) is 0 Å². The second kappa shape index (κ2) is 6.65. The van der Waals surface area contributed by atoms with Gasteiger partial charge in [0, 0.05) is 30.7 Å². The minimum atomic E-state index is -1.12. The fourth-order valence-corrected chi connectivity index (χ4v) is 3.58. The summed E-state index contributed by atoms with van der Waals surface area (Å²) in [4.78, 5) is 12.5. The van der Waals surface area contributed by atoms with E-state index in [0.29, 0.717) is 17.0 Å². The lowest BCUT2D eigenvalue weighted by Crippen LogP contribution is -2.25. The van der Waals surface area contributed by atoms with Crippen molar-refractivity contribution < 1.29 is 4.74 Å². The topological polar surface area (TPSA) is 31.2 Å². The first kappa shape index (κ1) is 16.7. The number of ether oxygens (including phenoxy) is 1. The van der Waals surface area contributed by atoms with Gasteiger partial charge in [-0.15, -0.1) is 0 Å². The first-order valence-corrected chi connectivity index (χ1v) is 11.7. The van der Waals surface area contributed by atoms with Gasteiger partial charge < -0.3 is 4.74 Å². The van der Waals surface area contributed by atoms with E-state index in [2.05, 4.69) is 35.6 Å². The molecule has 0 N–H and O–H groups in total. The molecule has 1 aromatic heterocycles. The molecule has 0 fully saturated rings. The smallest absolute Gasteiger partial charge is 0.261 e. The Morgan fingerprint density at radius 2 is 2.05 bits per heavy atom. The third-order valence-electron chi connectivity index (χ3n) is 3.24. The normalized spacial score (nSPS) is 12.0. The van der Waals surface area contributed by atoms with Gasteiger partial charge in [0.25, 0.3) is 5.56 Å². The average molecular weight is 389 g/mol. The zero-order chi connectivity index (χ0) is 15.6. The van der Waals surface area contributed by atoms with Crippen LogP contribution in [0.4, 0.5) is 0 Å². The molecule has 3 nitrogen and oxygen atoms in total. The van der Waals surface area contributed by atoms with E-state index in [9.17, 15) is 4.79 Å². The summed E-state index contributed by atoms with van der Waals surface area (Å²) >= 11 is 9.65. The van der Waals surface area contributed by atoms with Gasteiger partial charge in [-0.2, -0.15) is 0 Å². The van der Waals surface area contributed by atoms with Gasteiger partial charge >= 0.3 is 0 Å². The highest BCUT2D eigenvalue weighted by molar-refractivity contribution is 9.10. The van der Waals surface area contributed by atoms with Gasteiger partial charge in [-0.1, -0.05) is 43.4 Å². The Morgan fingerprint density at radius 1 is 1.33 bits per heavy atom. The maximum absolute atomic E-state index is 12.5. The number of aromatic nitrogens is 1. The van der Waals surface area contributed by atoms with E-state index in [0.717, 1.165) is 15.9 Å². The van der Waals surface area contributed by atoms with Crippen LogP contribution in [0.5, 0.6) is 0 Å². The van der Waals surface area contributed by atoms with Crippen LogP contribution in [-0.4, -0.2) is 19.2 Å². The van der Waals surface area contributed by atoms with Crippen LogP contribution in [-0.2, 0) is 11.5 Å². The average Bonchev–Trinajstić information content (AvgIpc) is 2.38. The van der Waals surface area contributed by atoms with E-state index in [1.165, 1.54) is 0 Å². The lowest BCUT2D eigenvalue weighted by atomic mass is 10.2. The molecule has 0 bridgehead atoms. The summed E-state index contributed by atoms with van der Waals surface area (Å²) in [6, 6.07) is 6.53. The summed E-state index contributed by atoms with van der Waals surface area (Å²) in [7, 11) is -1.12. The molecule has 0 radical (unpaired) electrons. The quantitative estimate of drug-likeness (QED) is 0.547. The van der Waals surface area contributed by atoms with Crippen molar-refractivity contribution in [1.29, 1.82) is 0 Å². The number of rotatable bonds is 5. The lowest BCUT2D eigenvalue weighted by molar-refractivity contribution is 0.0850. The second-order valence-electron chi connectivity index (χ2n) is 6.26. The van der Waals surface area contributed by atoms with Crippen LogP contribution in [0.3, 0.4) is 0 Å². The number of fused-ring (bicyclic) bond motifs is 1. The standard InChI is InChI=1S/C15H19BrClNO2Si/c1-21(2,3)8-7-20-10-18-9-12(16)11-5-4-6-13(17)14(11)15(18)19/h4-6,9H,7-8,10H2,1-3H3. The predicted octanol–water partition coefficient (Wildman–Crippen LogP) is 4.73. The van der Waals surface area contributed by atoms with Crippen LogP contribution in [0.25, 0.3) is 10.8 Å². The van der Waals surface area contributed by atoms with Crippen molar-refractivity contribution in [2.24, 2.45) is 0 Å². The van der Waals surface area contributed by atoms with E-state index < -0.39 is 8.07 Å². The van der Waals surface area contributed by atoms with E-state index >= 15 is 0 Å². The molecule has 0 saturated carbocycles. The molecule has 21 heavy (non-hydrogen) atoms. The lowest BCUT2D eigenvalue weighted by Gasteiger charge is -2.16. The molecule has 0 aliphatic carbocycles. The van der Waals surface area contributed by atoms with Crippen LogP contribution in [0, 0.1) is 0 Å². The Morgan fingerprint density at radius 3 is 2.71 bits per heavy atom. The van der Waals surface area contributed by atoms with Gasteiger partial charge in [-0.25, -0.2) is 0 Å². The Bertz CT molecular complexity index is 709. The summed E-state index contributed by atoms with van der Waals surface area (Å²) < 4.78 is 8.05. The number of nitrogens with zero attached hydrogens (tertiary/aromatic N) is 1. The molecular formula is C15H19BrClNO2Si. The summed E-state index contributed by atoms with van der Waals surface area (Å²) in [6.45, 7) is 7.84. The highest BCUT2D eigenvalue weighted by Crippen LogP contribution is 2.26. The molecule has 1 aromatic carbocycles. The van der Waals surface area contributed by atoms with Crippen LogP contribution >= 0.6 is 27.5 Å². The molecule has 0 spiro atoms. The second-order valence-corrected chi connectivity index (χ2v) is 13.1. The molecule has 1 heterocycles. The SMILES string of the molecule is C[Si](C)(C)CCOCn1cc(Br)c2cccc(Cl)c2c1=O. The highest BCUT2D eigenvalue weighted by Gasteiger charge is 2.13. The first-order chi connectivity index (χ1) is 9.79. The van der Waals surface area contributed by atoms with Gasteiger partial charge in [0.05, 0.1) is 10.4 Å². The van der Waals surface area contributed by atoms with Gasteiger partial charge in [0.1, 0.15) is 6.73 Å². The Labute approximate surface area is 139 Å². The summed E-state index contributed by atoms with van der Waals surface area (Å²) in [6.07, 6.45) is 1.76. The molecule has 0 amide bonds. The Kier molecular flexibility index (Phi) is 5.30. The molecule has 0 aliphatic rings. The van der Waals surface area contributed by atoms with Crippen LogP contribution in [0.1, 0.15) is 0 Å². The fourth-order valence-electron chi connectivity index (χ4n) is 1.99. The van der Waals surface area contributed by atoms with E-state index in [1.54, 1.807) is 16.8 Å². The molecule has 0 atom stereocenters. The van der Waals surface area contributed by atoms with Crippen molar-refractivity contribution in [3.05, 3.63) is 44.2 Å². The first-order valence-electron chi connectivity index (χ1n) is 6.84. The number of hydrogen-bond acceptors (Lipinski definition) is 2. The minimum Gasteiger partial charge on any atom is -0.361 e. The Hall–Kier alpha value is -0.623. The van der Waals surface area contributed by atoms with Gasteiger partial charge in [0.15, 0.2) is 0 Å². The van der Waals surface area contributed by atoms with Crippen molar-refractivity contribution in [2.45, 2.75) is 32.4 Å². The highest BCUT2D eigenvalue weighted by atomic mass is 79.9. The van der Waals surface area contributed by atoms with E-state index in [4.69, 9.17) is 16.3 Å². The van der Waals surface area contributed by atoms with E-state index in [1.807, 2.05) is 12.1 Å². The van der Waals surface area contributed by atoms with Crippen LogP contribution in [0.15, 0.2) is 33.7 Å². The maximum Gasteiger partial charge on any atom is 0.261 e. The van der Waals surface area contributed by atoms with Crippen LogP contribution in [0.2, 0.25) is 30.7 Å². The van der Waals surface area contributed by atoms with Crippen molar-refractivity contribution >= 4 is 46.4 Å². The molecule has 2 aromatic rings. The maximum atomic E-state index is 12.5. The molecule has 0 aliphatic heterocycles. The molecule has 6 heteroatoms. The largest absolute Gasteiger partial charge is 0.361 e. The number of hydrogen-bond donors (Lipinski definition) is 0. The third kappa shape index (κ3) is 4.19. The minimum absolute atomic E-state index is 0.119. The van der Waals surface area contributed by atoms with Gasteiger partial charge in [0.2, 0.25) is 0 Å². The fraction of sp³-hybridized carbons (Fsp3) is 0.400. The third-order valence-corrected chi connectivity index (χ3v) is 5.89. The Balaban J connectivity index is 2.24. The molecule has 0 saturated heterocycles. The monoisotopic (exact) mass is 387 g/mol. The number of benzene rings is 1.